The van der Waals surface area contributed by atoms with Gasteiger partial charge < -0.3 is 10.2 Å². The van der Waals surface area contributed by atoms with E-state index < -0.39 is 23.0 Å². The number of carbonyl (C=O) groups is 2. The Morgan fingerprint density at radius 2 is 1.88 bits per heavy atom. The Hall–Kier alpha value is -2.76. The second-order valence-electron chi connectivity index (χ2n) is 6.55. The van der Waals surface area contributed by atoms with Crippen LogP contribution in [0.4, 0.5) is 20.2 Å². The summed E-state index contributed by atoms with van der Waals surface area (Å²) >= 11 is 0. The highest BCUT2D eigenvalue weighted by molar-refractivity contribution is 6.17. The number of benzene rings is 2. The highest BCUT2D eigenvalue weighted by Gasteiger charge is 2.58. The zero-order valence-corrected chi connectivity index (χ0v) is 14.7. The van der Waals surface area contributed by atoms with Crippen LogP contribution in [0.3, 0.4) is 0 Å². The molecule has 1 aliphatic rings. The van der Waals surface area contributed by atoms with E-state index in [1.54, 1.807) is 4.90 Å². The molecule has 0 aliphatic heterocycles. The Bertz CT molecular complexity index is 863. The Kier molecular flexibility index (Phi) is 4.76. The minimum atomic E-state index is -1.19. The summed E-state index contributed by atoms with van der Waals surface area (Å²) in [6.07, 6.45) is 0.811. The third kappa shape index (κ3) is 3.31. The molecule has 0 heterocycles. The molecule has 26 heavy (non-hydrogen) atoms. The Morgan fingerprint density at radius 1 is 1.15 bits per heavy atom. The van der Waals surface area contributed by atoms with Gasteiger partial charge in [0.1, 0.15) is 17.0 Å². The van der Waals surface area contributed by atoms with Crippen molar-refractivity contribution in [2.24, 2.45) is 5.41 Å². The van der Waals surface area contributed by atoms with Gasteiger partial charge in [-0.3, -0.25) is 9.59 Å². The van der Waals surface area contributed by atoms with E-state index in [-0.39, 0.29) is 11.6 Å². The molecule has 0 aromatic heterocycles. The molecule has 1 N–H and O–H groups in total. The molecule has 2 amide bonds. The molecule has 0 radical (unpaired) electrons. The highest BCUT2D eigenvalue weighted by Crippen LogP contribution is 2.49. The summed E-state index contributed by atoms with van der Waals surface area (Å²) in [4.78, 5) is 27.3. The van der Waals surface area contributed by atoms with Gasteiger partial charge >= 0.3 is 0 Å². The fraction of sp³-hybridized carbons (Fsp3) is 0.300. The lowest BCUT2D eigenvalue weighted by atomic mass is 10.0. The van der Waals surface area contributed by atoms with Gasteiger partial charge in [-0.1, -0.05) is 12.1 Å². The van der Waals surface area contributed by atoms with Crippen LogP contribution in [0.2, 0.25) is 0 Å². The predicted octanol–water partition coefficient (Wildman–Crippen LogP) is 4.05. The number of halogens is 2. The van der Waals surface area contributed by atoms with Crippen molar-refractivity contribution in [1.29, 1.82) is 0 Å². The van der Waals surface area contributed by atoms with Crippen LogP contribution in [0, 0.1) is 24.0 Å². The SMILES string of the molecule is CCN(C(=O)C1(C(=O)Nc2ccc(F)cc2F)CC1)c1cccc(C)c1. The maximum atomic E-state index is 13.8. The van der Waals surface area contributed by atoms with Crippen LogP contribution in [-0.2, 0) is 9.59 Å². The second kappa shape index (κ2) is 6.86. The normalized spacial score (nSPS) is 14.6. The molecule has 1 aliphatic carbocycles. The first-order chi connectivity index (χ1) is 12.4. The third-order valence-corrected chi connectivity index (χ3v) is 4.65. The molecule has 0 saturated heterocycles. The number of nitrogens with zero attached hydrogens (tertiary/aromatic N) is 1. The van der Waals surface area contributed by atoms with Gasteiger partial charge in [-0.2, -0.15) is 0 Å². The molecule has 6 heteroatoms. The van der Waals surface area contributed by atoms with Crippen molar-refractivity contribution in [3.8, 4) is 0 Å². The molecule has 1 fully saturated rings. The lowest BCUT2D eigenvalue weighted by molar-refractivity contribution is -0.132. The summed E-state index contributed by atoms with van der Waals surface area (Å²) in [5.74, 6) is -2.45. The minimum Gasteiger partial charge on any atom is -0.323 e. The molecule has 0 spiro atoms. The molecule has 3 rings (SSSR count). The van der Waals surface area contributed by atoms with Crippen molar-refractivity contribution >= 4 is 23.2 Å². The lowest BCUT2D eigenvalue weighted by Gasteiger charge is -2.26. The van der Waals surface area contributed by atoms with Gasteiger partial charge in [-0.05, 0) is 56.5 Å². The molecular formula is C20H20F2N2O2. The van der Waals surface area contributed by atoms with Crippen LogP contribution in [0.1, 0.15) is 25.3 Å². The third-order valence-electron chi connectivity index (χ3n) is 4.65. The maximum Gasteiger partial charge on any atom is 0.242 e. The van der Waals surface area contributed by atoms with E-state index in [0.29, 0.717) is 25.5 Å². The standard InChI is InChI=1S/C20H20F2N2O2/c1-3-24(15-6-4-5-13(2)11-15)19(26)20(9-10-20)18(25)23-17-8-7-14(21)12-16(17)22/h4-8,11-12H,3,9-10H2,1-2H3,(H,23,25). The summed E-state index contributed by atoms with van der Waals surface area (Å²) in [6, 6.07) is 10.4. The average molecular weight is 358 g/mol. The number of rotatable bonds is 5. The van der Waals surface area contributed by atoms with Crippen LogP contribution in [0.15, 0.2) is 42.5 Å². The van der Waals surface area contributed by atoms with Crippen molar-refractivity contribution < 1.29 is 18.4 Å². The summed E-state index contributed by atoms with van der Waals surface area (Å²) in [5, 5.41) is 2.43. The lowest BCUT2D eigenvalue weighted by Crippen LogP contribution is -2.43. The number of anilines is 2. The highest BCUT2D eigenvalue weighted by atomic mass is 19.1. The zero-order valence-electron chi connectivity index (χ0n) is 14.7. The van der Waals surface area contributed by atoms with E-state index >= 15 is 0 Å². The fourth-order valence-corrected chi connectivity index (χ4v) is 2.99. The fourth-order valence-electron chi connectivity index (χ4n) is 2.99. The van der Waals surface area contributed by atoms with Crippen molar-refractivity contribution in [1.82, 2.24) is 0 Å². The topological polar surface area (TPSA) is 49.4 Å². The summed E-state index contributed by atoms with van der Waals surface area (Å²) in [7, 11) is 0. The molecule has 2 aromatic carbocycles. The summed E-state index contributed by atoms with van der Waals surface area (Å²) in [6.45, 7) is 4.19. The quantitative estimate of drug-likeness (QED) is 0.820. The first-order valence-electron chi connectivity index (χ1n) is 8.52. The molecule has 0 bridgehead atoms. The zero-order chi connectivity index (χ0) is 18.9. The van der Waals surface area contributed by atoms with Gasteiger partial charge in [-0.25, -0.2) is 8.78 Å². The molecule has 0 unspecified atom stereocenters. The number of hydrogen-bond acceptors (Lipinski definition) is 2. The molecule has 136 valence electrons. The number of amides is 2. The van der Waals surface area contributed by atoms with Gasteiger partial charge in [0.25, 0.3) is 0 Å². The minimum absolute atomic E-state index is 0.130. The van der Waals surface area contributed by atoms with E-state index in [2.05, 4.69) is 5.32 Å². The van der Waals surface area contributed by atoms with Crippen LogP contribution in [0.25, 0.3) is 0 Å². The van der Waals surface area contributed by atoms with Crippen molar-refractivity contribution in [3.63, 3.8) is 0 Å². The summed E-state index contributed by atoms with van der Waals surface area (Å²) < 4.78 is 26.8. The first kappa shape index (κ1) is 18.0. The monoisotopic (exact) mass is 358 g/mol. The van der Waals surface area contributed by atoms with Crippen LogP contribution in [0.5, 0.6) is 0 Å². The van der Waals surface area contributed by atoms with Crippen molar-refractivity contribution in [2.75, 3.05) is 16.8 Å². The first-order valence-corrected chi connectivity index (χ1v) is 8.52. The van der Waals surface area contributed by atoms with E-state index in [1.807, 2.05) is 38.1 Å². The Balaban J connectivity index is 1.82. The van der Waals surface area contributed by atoms with Gasteiger partial charge in [0.2, 0.25) is 11.8 Å². The molecule has 4 nitrogen and oxygen atoms in total. The van der Waals surface area contributed by atoms with E-state index in [9.17, 15) is 18.4 Å². The van der Waals surface area contributed by atoms with Gasteiger partial charge in [0, 0.05) is 18.3 Å². The van der Waals surface area contributed by atoms with Crippen LogP contribution >= 0.6 is 0 Å². The predicted molar refractivity (Wildman–Crippen MR) is 95.9 cm³/mol. The maximum absolute atomic E-state index is 13.8. The summed E-state index contributed by atoms with van der Waals surface area (Å²) in [5.41, 5.74) is 0.413. The van der Waals surface area contributed by atoms with Crippen molar-refractivity contribution in [2.45, 2.75) is 26.7 Å². The van der Waals surface area contributed by atoms with Crippen molar-refractivity contribution in [3.05, 3.63) is 59.7 Å². The average Bonchev–Trinajstić information content (AvgIpc) is 3.40. The van der Waals surface area contributed by atoms with E-state index in [0.717, 1.165) is 23.4 Å². The van der Waals surface area contributed by atoms with Gasteiger partial charge in [-0.15, -0.1) is 0 Å². The van der Waals surface area contributed by atoms with E-state index in [1.165, 1.54) is 0 Å². The number of hydrogen-bond donors (Lipinski definition) is 1. The second-order valence-corrected chi connectivity index (χ2v) is 6.55. The molecular weight excluding hydrogens is 338 g/mol. The van der Waals surface area contributed by atoms with E-state index in [4.69, 9.17) is 0 Å². The van der Waals surface area contributed by atoms with Gasteiger partial charge in [0.15, 0.2) is 0 Å². The number of nitrogens with one attached hydrogen (secondary N) is 1. The number of carbonyl (C=O) groups excluding carboxylic acids is 2. The Labute approximate surface area is 150 Å². The smallest absolute Gasteiger partial charge is 0.242 e. The Morgan fingerprint density at radius 3 is 2.46 bits per heavy atom. The van der Waals surface area contributed by atoms with Gasteiger partial charge in [0.05, 0.1) is 5.69 Å². The molecule has 0 atom stereocenters. The largest absolute Gasteiger partial charge is 0.323 e. The molecule has 2 aromatic rings. The van der Waals surface area contributed by atoms with Crippen LogP contribution in [-0.4, -0.2) is 18.4 Å². The molecule has 1 saturated carbocycles. The number of aryl methyl sites for hydroxylation is 1. The van der Waals surface area contributed by atoms with Crippen LogP contribution < -0.4 is 10.2 Å².